The summed E-state index contributed by atoms with van der Waals surface area (Å²) in [6.07, 6.45) is 1.77. The van der Waals surface area contributed by atoms with E-state index >= 15 is 0 Å². The molecule has 0 saturated carbocycles. The van der Waals surface area contributed by atoms with Gasteiger partial charge in [0.2, 0.25) is 0 Å². The van der Waals surface area contributed by atoms with Gasteiger partial charge in [-0.15, -0.1) is 11.3 Å². The topological polar surface area (TPSA) is 62.1 Å². The van der Waals surface area contributed by atoms with Crippen LogP contribution in [0.4, 0.5) is 5.69 Å². The molecular formula is C16H17N3OS. The quantitative estimate of drug-likeness (QED) is 0.725. The number of nitrogen functional groups attached to an aromatic ring is 1. The molecule has 0 saturated heterocycles. The summed E-state index contributed by atoms with van der Waals surface area (Å²) in [5.41, 5.74) is 8.05. The van der Waals surface area contributed by atoms with Crippen LogP contribution in [-0.2, 0) is 6.54 Å². The molecule has 0 radical (unpaired) electrons. The summed E-state index contributed by atoms with van der Waals surface area (Å²) < 4.78 is 0. The fourth-order valence-corrected chi connectivity index (χ4v) is 3.13. The lowest BCUT2D eigenvalue weighted by atomic mass is 10.1. The van der Waals surface area contributed by atoms with Gasteiger partial charge in [-0.05, 0) is 36.6 Å². The largest absolute Gasteiger partial charge is 0.399 e. The second-order valence-electron chi connectivity index (χ2n) is 4.91. The van der Waals surface area contributed by atoms with Crippen molar-refractivity contribution in [3.8, 4) is 0 Å². The molecule has 3 aromatic rings. The van der Waals surface area contributed by atoms with Gasteiger partial charge in [-0.1, -0.05) is 6.07 Å². The van der Waals surface area contributed by atoms with Crippen molar-refractivity contribution in [2.45, 2.75) is 13.5 Å². The number of nitrogens with one attached hydrogen (secondary N) is 1. The van der Waals surface area contributed by atoms with Gasteiger partial charge in [-0.2, -0.15) is 0 Å². The summed E-state index contributed by atoms with van der Waals surface area (Å²) in [6.45, 7) is 3.32. The highest BCUT2D eigenvalue weighted by atomic mass is 32.1. The van der Waals surface area contributed by atoms with Crippen LogP contribution >= 0.6 is 11.3 Å². The van der Waals surface area contributed by atoms with E-state index in [0.29, 0.717) is 24.3 Å². The number of amides is 1. The third kappa shape index (κ3) is 2.64. The van der Waals surface area contributed by atoms with Gasteiger partial charge < -0.3 is 15.6 Å². The normalized spacial score (nSPS) is 10.9. The highest BCUT2D eigenvalue weighted by molar-refractivity contribution is 7.09. The Morgan fingerprint density at radius 3 is 2.95 bits per heavy atom. The molecule has 0 aliphatic heterocycles. The monoisotopic (exact) mass is 299 g/mol. The molecule has 0 atom stereocenters. The van der Waals surface area contributed by atoms with Gasteiger partial charge in [-0.3, -0.25) is 4.79 Å². The van der Waals surface area contributed by atoms with Gasteiger partial charge in [0.25, 0.3) is 5.91 Å². The molecule has 0 bridgehead atoms. The van der Waals surface area contributed by atoms with Crippen LogP contribution in [0.1, 0.15) is 22.2 Å². The Bertz CT molecular complexity index is 761. The number of hydrogen-bond donors (Lipinski definition) is 2. The van der Waals surface area contributed by atoms with E-state index in [9.17, 15) is 4.79 Å². The van der Waals surface area contributed by atoms with E-state index < -0.39 is 0 Å². The molecule has 3 rings (SSSR count). The summed E-state index contributed by atoms with van der Waals surface area (Å²) >= 11 is 1.67. The lowest BCUT2D eigenvalue weighted by Gasteiger charge is -2.19. The van der Waals surface area contributed by atoms with Crippen molar-refractivity contribution in [1.82, 2.24) is 9.88 Å². The molecule has 108 valence electrons. The molecule has 1 amide bonds. The van der Waals surface area contributed by atoms with Gasteiger partial charge in [-0.25, -0.2) is 0 Å². The molecule has 0 fully saturated rings. The Hall–Kier alpha value is -2.27. The average Bonchev–Trinajstić information content (AvgIpc) is 3.12. The number of anilines is 1. The number of H-pyrrole nitrogens is 1. The van der Waals surface area contributed by atoms with Crippen LogP contribution in [-0.4, -0.2) is 22.3 Å². The number of carbonyl (C=O) groups is 1. The summed E-state index contributed by atoms with van der Waals surface area (Å²) in [5, 5.41) is 2.95. The zero-order chi connectivity index (χ0) is 14.8. The van der Waals surface area contributed by atoms with Gasteiger partial charge >= 0.3 is 0 Å². The standard InChI is InChI=1S/C16H17N3OS/c1-2-19(10-12-4-3-7-21-12)16(20)14-9-18-15-8-11(17)5-6-13(14)15/h3-9,18H,2,10,17H2,1H3. The van der Waals surface area contributed by atoms with Crippen LogP contribution in [0.25, 0.3) is 10.9 Å². The number of rotatable bonds is 4. The number of benzene rings is 1. The van der Waals surface area contributed by atoms with E-state index in [1.54, 1.807) is 17.5 Å². The zero-order valence-corrected chi connectivity index (χ0v) is 12.6. The third-order valence-electron chi connectivity index (χ3n) is 3.53. The third-order valence-corrected chi connectivity index (χ3v) is 4.39. The first-order valence-corrected chi connectivity index (χ1v) is 7.75. The SMILES string of the molecule is CCN(Cc1cccs1)C(=O)c1c[nH]c2cc(N)ccc12. The van der Waals surface area contributed by atoms with Crippen LogP contribution < -0.4 is 5.73 Å². The Labute approximate surface area is 127 Å². The molecule has 2 aromatic heterocycles. The number of nitrogens with zero attached hydrogens (tertiary/aromatic N) is 1. The summed E-state index contributed by atoms with van der Waals surface area (Å²) in [5.74, 6) is 0.0434. The van der Waals surface area contributed by atoms with Crippen molar-refractivity contribution >= 4 is 33.8 Å². The van der Waals surface area contributed by atoms with Crippen LogP contribution in [0.15, 0.2) is 41.9 Å². The maximum atomic E-state index is 12.7. The zero-order valence-electron chi connectivity index (χ0n) is 11.8. The molecule has 2 heterocycles. The Balaban J connectivity index is 1.91. The Kier molecular flexibility index (Phi) is 3.66. The predicted octanol–water partition coefficient (Wildman–Crippen LogP) is 3.47. The molecule has 3 N–H and O–H groups in total. The minimum absolute atomic E-state index is 0.0434. The molecule has 4 nitrogen and oxygen atoms in total. The predicted molar refractivity (Wildman–Crippen MR) is 87.4 cm³/mol. The number of hydrogen-bond acceptors (Lipinski definition) is 3. The molecular weight excluding hydrogens is 282 g/mol. The lowest BCUT2D eigenvalue weighted by molar-refractivity contribution is 0.0756. The highest BCUT2D eigenvalue weighted by Gasteiger charge is 2.18. The van der Waals surface area contributed by atoms with Gasteiger partial charge in [0, 0.05) is 34.2 Å². The van der Waals surface area contributed by atoms with E-state index in [1.165, 1.54) is 4.88 Å². The van der Waals surface area contributed by atoms with E-state index in [1.807, 2.05) is 41.5 Å². The lowest BCUT2D eigenvalue weighted by Crippen LogP contribution is -2.29. The Morgan fingerprint density at radius 1 is 1.38 bits per heavy atom. The van der Waals surface area contributed by atoms with Crippen molar-refractivity contribution in [3.63, 3.8) is 0 Å². The summed E-state index contributed by atoms with van der Waals surface area (Å²) in [6, 6.07) is 9.63. The summed E-state index contributed by atoms with van der Waals surface area (Å²) in [7, 11) is 0. The minimum atomic E-state index is 0.0434. The molecule has 0 unspecified atom stereocenters. The van der Waals surface area contributed by atoms with Gasteiger partial charge in [0.05, 0.1) is 12.1 Å². The molecule has 0 spiro atoms. The highest BCUT2D eigenvalue weighted by Crippen LogP contribution is 2.23. The van der Waals surface area contributed by atoms with Gasteiger partial charge in [0.15, 0.2) is 0 Å². The van der Waals surface area contributed by atoms with E-state index in [2.05, 4.69) is 11.1 Å². The number of aromatic amines is 1. The van der Waals surface area contributed by atoms with Crippen molar-refractivity contribution in [2.24, 2.45) is 0 Å². The van der Waals surface area contributed by atoms with Crippen molar-refractivity contribution in [2.75, 3.05) is 12.3 Å². The number of nitrogens with two attached hydrogens (primary N) is 1. The first kappa shape index (κ1) is 13.7. The average molecular weight is 299 g/mol. The fraction of sp³-hybridized carbons (Fsp3) is 0.188. The van der Waals surface area contributed by atoms with Crippen molar-refractivity contribution < 1.29 is 4.79 Å². The van der Waals surface area contributed by atoms with E-state index in [-0.39, 0.29) is 5.91 Å². The smallest absolute Gasteiger partial charge is 0.256 e. The fourth-order valence-electron chi connectivity index (χ4n) is 2.41. The Morgan fingerprint density at radius 2 is 2.24 bits per heavy atom. The number of aromatic nitrogens is 1. The van der Waals surface area contributed by atoms with Gasteiger partial charge in [0.1, 0.15) is 0 Å². The van der Waals surface area contributed by atoms with Crippen LogP contribution in [0.5, 0.6) is 0 Å². The minimum Gasteiger partial charge on any atom is -0.399 e. The summed E-state index contributed by atoms with van der Waals surface area (Å²) in [4.78, 5) is 18.9. The molecule has 0 aliphatic carbocycles. The maximum Gasteiger partial charge on any atom is 0.256 e. The van der Waals surface area contributed by atoms with E-state index in [4.69, 9.17) is 5.73 Å². The molecule has 1 aromatic carbocycles. The first-order valence-electron chi connectivity index (χ1n) is 6.87. The van der Waals surface area contributed by atoms with Crippen LogP contribution in [0.3, 0.4) is 0 Å². The first-order chi connectivity index (χ1) is 10.2. The van der Waals surface area contributed by atoms with Crippen LogP contribution in [0.2, 0.25) is 0 Å². The second-order valence-corrected chi connectivity index (χ2v) is 5.94. The molecule has 5 heteroatoms. The van der Waals surface area contributed by atoms with Crippen molar-refractivity contribution in [1.29, 1.82) is 0 Å². The molecule has 21 heavy (non-hydrogen) atoms. The van der Waals surface area contributed by atoms with Crippen LogP contribution in [0, 0.1) is 0 Å². The van der Waals surface area contributed by atoms with Crippen molar-refractivity contribution in [3.05, 3.63) is 52.3 Å². The maximum absolute atomic E-state index is 12.7. The molecule has 0 aliphatic rings. The van der Waals surface area contributed by atoms with E-state index in [0.717, 1.165) is 10.9 Å². The number of thiophene rings is 1. The number of carbonyl (C=O) groups excluding carboxylic acids is 1. The second kappa shape index (κ2) is 5.61. The number of fused-ring (bicyclic) bond motifs is 1.